The van der Waals surface area contributed by atoms with Gasteiger partial charge in [0.2, 0.25) is 10.0 Å². The van der Waals surface area contributed by atoms with Gasteiger partial charge >= 0.3 is 0 Å². The molecule has 20 heavy (non-hydrogen) atoms. The van der Waals surface area contributed by atoms with Crippen molar-refractivity contribution in [2.45, 2.75) is 68.7 Å². The van der Waals surface area contributed by atoms with Gasteiger partial charge in [0.05, 0.1) is 5.75 Å². The van der Waals surface area contributed by atoms with Crippen LogP contribution in [0.3, 0.4) is 0 Å². The first-order valence-corrected chi connectivity index (χ1v) is 10.8. The fraction of sp³-hybridized carbons (Fsp3) is 1.00. The van der Waals surface area contributed by atoms with Crippen molar-refractivity contribution in [3.05, 3.63) is 0 Å². The minimum Gasteiger partial charge on any atom is -0.314 e. The van der Waals surface area contributed by atoms with Crippen LogP contribution in [0.5, 0.6) is 0 Å². The van der Waals surface area contributed by atoms with E-state index in [4.69, 9.17) is 0 Å². The van der Waals surface area contributed by atoms with Crippen LogP contribution in [-0.4, -0.2) is 44.3 Å². The summed E-state index contributed by atoms with van der Waals surface area (Å²) < 4.78 is 27.0. The van der Waals surface area contributed by atoms with Crippen molar-refractivity contribution in [1.82, 2.24) is 10.0 Å². The molecule has 2 saturated carbocycles. The van der Waals surface area contributed by atoms with E-state index in [9.17, 15) is 8.42 Å². The molecule has 0 aromatic rings. The second-order valence-corrected chi connectivity index (χ2v) is 9.10. The van der Waals surface area contributed by atoms with Crippen LogP contribution >= 0.6 is 11.8 Å². The molecule has 118 valence electrons. The highest BCUT2D eigenvalue weighted by molar-refractivity contribution is 7.99. The summed E-state index contributed by atoms with van der Waals surface area (Å²) in [5, 5.41) is 4.04. The first kappa shape index (κ1) is 16.6. The van der Waals surface area contributed by atoms with E-state index in [2.05, 4.69) is 16.3 Å². The van der Waals surface area contributed by atoms with Crippen LogP contribution in [-0.2, 0) is 10.0 Å². The van der Waals surface area contributed by atoms with Gasteiger partial charge in [-0.05, 0) is 57.7 Å². The molecule has 0 radical (unpaired) electrons. The first-order valence-electron chi connectivity index (χ1n) is 7.85. The average molecular weight is 321 g/mol. The molecule has 0 aromatic heterocycles. The third-order valence-corrected chi connectivity index (χ3v) is 6.77. The number of thioether (sulfide) groups is 1. The van der Waals surface area contributed by atoms with Crippen molar-refractivity contribution in [2.75, 3.05) is 18.6 Å². The number of hydrogen-bond donors (Lipinski definition) is 2. The third-order valence-electron chi connectivity index (χ3n) is 4.16. The van der Waals surface area contributed by atoms with Crippen molar-refractivity contribution in [2.24, 2.45) is 0 Å². The topological polar surface area (TPSA) is 58.2 Å². The smallest absolute Gasteiger partial charge is 0.211 e. The molecule has 2 aliphatic rings. The second kappa shape index (κ2) is 8.01. The molecule has 2 N–H and O–H groups in total. The van der Waals surface area contributed by atoms with E-state index in [1.807, 2.05) is 11.8 Å². The molecule has 0 bridgehead atoms. The van der Waals surface area contributed by atoms with Crippen LogP contribution in [0.15, 0.2) is 0 Å². The Balaban J connectivity index is 1.61. The highest BCUT2D eigenvalue weighted by Crippen LogP contribution is 2.27. The standard InChI is InChI=1S/C14H28N2O2S2/c1-19-14-6-4-5-13(11-14)16-20(17,18)10-3-2-9-15-12-7-8-12/h12-16H,2-11H2,1H3. The van der Waals surface area contributed by atoms with Gasteiger partial charge in [-0.15, -0.1) is 0 Å². The van der Waals surface area contributed by atoms with Crippen molar-refractivity contribution in [3.8, 4) is 0 Å². The maximum atomic E-state index is 12.1. The SMILES string of the molecule is CSC1CCCC(NS(=O)(=O)CCCCNC2CC2)C1. The Morgan fingerprint density at radius 3 is 2.60 bits per heavy atom. The minimum atomic E-state index is -3.08. The maximum Gasteiger partial charge on any atom is 0.211 e. The van der Waals surface area contributed by atoms with Gasteiger partial charge < -0.3 is 5.32 Å². The molecule has 2 aliphatic carbocycles. The maximum absolute atomic E-state index is 12.1. The number of unbranched alkanes of at least 4 members (excludes halogenated alkanes) is 1. The summed E-state index contributed by atoms with van der Waals surface area (Å²) in [6.07, 6.45) is 10.8. The van der Waals surface area contributed by atoms with Gasteiger partial charge in [-0.2, -0.15) is 11.8 Å². The van der Waals surface area contributed by atoms with Crippen molar-refractivity contribution in [1.29, 1.82) is 0 Å². The zero-order valence-electron chi connectivity index (χ0n) is 12.4. The molecule has 0 spiro atoms. The Kier molecular flexibility index (Phi) is 6.65. The molecule has 2 unspecified atom stereocenters. The van der Waals surface area contributed by atoms with Crippen LogP contribution in [0, 0.1) is 0 Å². The van der Waals surface area contributed by atoms with Gasteiger partial charge in [-0.3, -0.25) is 0 Å². The summed E-state index contributed by atoms with van der Waals surface area (Å²) in [7, 11) is -3.08. The van der Waals surface area contributed by atoms with Crippen LogP contribution < -0.4 is 10.0 Å². The molecule has 0 heterocycles. The summed E-state index contributed by atoms with van der Waals surface area (Å²) in [5.41, 5.74) is 0. The summed E-state index contributed by atoms with van der Waals surface area (Å²) >= 11 is 1.87. The van der Waals surface area contributed by atoms with Crippen LogP contribution in [0.4, 0.5) is 0 Å². The molecule has 2 fully saturated rings. The van der Waals surface area contributed by atoms with Gasteiger partial charge in [-0.25, -0.2) is 13.1 Å². The predicted molar refractivity (Wildman–Crippen MR) is 86.7 cm³/mol. The van der Waals surface area contributed by atoms with E-state index in [1.54, 1.807) is 0 Å². The lowest BCUT2D eigenvalue weighted by Crippen LogP contribution is -2.40. The predicted octanol–water partition coefficient (Wildman–Crippen LogP) is 2.11. The minimum absolute atomic E-state index is 0.163. The molecular weight excluding hydrogens is 292 g/mol. The van der Waals surface area contributed by atoms with E-state index in [-0.39, 0.29) is 11.8 Å². The van der Waals surface area contributed by atoms with Gasteiger partial charge in [0.1, 0.15) is 0 Å². The van der Waals surface area contributed by atoms with E-state index >= 15 is 0 Å². The van der Waals surface area contributed by atoms with E-state index in [0.717, 1.165) is 44.7 Å². The Morgan fingerprint density at radius 2 is 1.90 bits per heavy atom. The van der Waals surface area contributed by atoms with Crippen LogP contribution in [0.2, 0.25) is 0 Å². The van der Waals surface area contributed by atoms with Gasteiger partial charge in [-0.1, -0.05) is 6.42 Å². The van der Waals surface area contributed by atoms with Crippen molar-refractivity contribution in [3.63, 3.8) is 0 Å². The summed E-state index contributed by atoms with van der Waals surface area (Å²) in [6, 6.07) is 0.881. The molecule has 2 atom stereocenters. The molecule has 6 heteroatoms. The summed E-state index contributed by atoms with van der Waals surface area (Å²) in [5.74, 6) is 0.278. The molecule has 4 nitrogen and oxygen atoms in total. The summed E-state index contributed by atoms with van der Waals surface area (Å²) in [6.45, 7) is 0.957. The molecule has 0 saturated heterocycles. The third kappa shape index (κ3) is 6.33. The number of nitrogens with one attached hydrogen (secondary N) is 2. The van der Waals surface area contributed by atoms with Crippen LogP contribution in [0.1, 0.15) is 51.4 Å². The molecule has 0 aliphatic heterocycles. The number of hydrogen-bond acceptors (Lipinski definition) is 4. The average Bonchev–Trinajstić information content (AvgIpc) is 3.22. The fourth-order valence-corrected chi connectivity index (χ4v) is 5.04. The molecule has 0 aromatic carbocycles. The Morgan fingerprint density at radius 1 is 1.10 bits per heavy atom. The Hall–Kier alpha value is 0.220. The van der Waals surface area contributed by atoms with Crippen LogP contribution in [0.25, 0.3) is 0 Å². The molecular formula is C14H28N2O2S2. The van der Waals surface area contributed by atoms with Gasteiger partial charge in [0.25, 0.3) is 0 Å². The lowest BCUT2D eigenvalue weighted by Gasteiger charge is -2.28. The quantitative estimate of drug-likeness (QED) is 0.639. The van der Waals surface area contributed by atoms with E-state index < -0.39 is 10.0 Å². The molecule has 2 rings (SSSR count). The van der Waals surface area contributed by atoms with Crippen molar-refractivity contribution < 1.29 is 8.42 Å². The Labute approximate surface area is 127 Å². The second-order valence-electron chi connectivity index (χ2n) is 6.09. The Bertz CT molecular complexity index is 383. The van der Waals surface area contributed by atoms with E-state index in [0.29, 0.717) is 5.25 Å². The summed E-state index contributed by atoms with van der Waals surface area (Å²) in [4.78, 5) is 0. The largest absolute Gasteiger partial charge is 0.314 e. The van der Waals surface area contributed by atoms with Gasteiger partial charge in [0, 0.05) is 17.3 Å². The lowest BCUT2D eigenvalue weighted by molar-refractivity contribution is 0.420. The fourth-order valence-electron chi connectivity index (χ4n) is 2.79. The zero-order chi connectivity index (χ0) is 14.4. The highest BCUT2D eigenvalue weighted by atomic mass is 32.2. The normalized spacial score (nSPS) is 27.6. The number of rotatable bonds is 9. The zero-order valence-corrected chi connectivity index (χ0v) is 14.1. The lowest BCUT2D eigenvalue weighted by atomic mass is 9.96. The first-order chi connectivity index (χ1) is 9.59. The van der Waals surface area contributed by atoms with Gasteiger partial charge in [0.15, 0.2) is 0 Å². The highest BCUT2D eigenvalue weighted by Gasteiger charge is 2.25. The number of sulfonamides is 1. The molecule has 0 amide bonds. The monoisotopic (exact) mass is 320 g/mol. The van der Waals surface area contributed by atoms with Crippen molar-refractivity contribution >= 4 is 21.8 Å². The van der Waals surface area contributed by atoms with E-state index in [1.165, 1.54) is 19.3 Å².